The fourth-order valence-electron chi connectivity index (χ4n) is 2.23. The lowest BCUT2D eigenvalue weighted by Crippen LogP contribution is -2.44. The molecule has 1 rings (SSSR count). The molecule has 0 aromatic heterocycles. The largest absolute Gasteiger partial charge is 0.347 e. The van der Waals surface area contributed by atoms with Gasteiger partial charge in [-0.2, -0.15) is 0 Å². The van der Waals surface area contributed by atoms with Gasteiger partial charge in [0.2, 0.25) is 0 Å². The molecule has 2 nitrogen and oxygen atoms in total. The van der Waals surface area contributed by atoms with E-state index >= 15 is 0 Å². The molecule has 1 aliphatic rings. The molecule has 0 amide bonds. The molecule has 0 aromatic carbocycles. The summed E-state index contributed by atoms with van der Waals surface area (Å²) in [7, 11) is 0. The molecular weight excluding hydrogens is 280 g/mol. The van der Waals surface area contributed by atoms with E-state index in [4.69, 9.17) is 9.47 Å². The van der Waals surface area contributed by atoms with Crippen LogP contribution < -0.4 is 0 Å². The van der Waals surface area contributed by atoms with Crippen LogP contribution in [0.15, 0.2) is 0 Å². The fraction of sp³-hybridized carbons (Fsp3) is 0.857. The molecule has 0 saturated carbocycles. The molecule has 0 spiro atoms. The molecule has 0 N–H and O–H groups in total. The third-order valence-electron chi connectivity index (χ3n) is 2.95. The Kier molecular flexibility index (Phi) is 6.54. The molecule has 1 heterocycles. The predicted molar refractivity (Wildman–Crippen MR) is 73.9 cm³/mol. The third kappa shape index (κ3) is 5.90. The standard InChI is InChI=1S/C14H23BrO2/c1-4-5-6-7-8-12-11-13(9-10-15)17-14(2,3)16-12/h12-13H,4-8,11H2,1-3H3/t12-,13-/m0/s1. The summed E-state index contributed by atoms with van der Waals surface area (Å²) in [6.07, 6.45) is 7.41. The molecule has 1 aliphatic heterocycles. The molecule has 1 fully saturated rings. The lowest BCUT2D eigenvalue weighted by atomic mass is 10.0. The maximum absolute atomic E-state index is 5.93. The van der Waals surface area contributed by atoms with Crippen LogP contribution in [-0.2, 0) is 9.47 Å². The monoisotopic (exact) mass is 302 g/mol. The Labute approximate surface area is 114 Å². The Balaban J connectivity index is 2.39. The van der Waals surface area contributed by atoms with Crippen LogP contribution in [0.2, 0.25) is 0 Å². The van der Waals surface area contributed by atoms with Gasteiger partial charge in [-0.05, 0) is 25.1 Å². The molecule has 2 atom stereocenters. The summed E-state index contributed by atoms with van der Waals surface area (Å²) in [4.78, 5) is 2.75. The molecule has 0 unspecified atom stereocenters. The van der Waals surface area contributed by atoms with Gasteiger partial charge < -0.3 is 9.47 Å². The summed E-state index contributed by atoms with van der Waals surface area (Å²) in [5.74, 6) is 2.53. The van der Waals surface area contributed by atoms with E-state index in [0.717, 1.165) is 12.8 Å². The quantitative estimate of drug-likeness (QED) is 0.559. The second-order valence-electron chi connectivity index (χ2n) is 5.07. The van der Waals surface area contributed by atoms with E-state index in [2.05, 4.69) is 33.6 Å². The maximum atomic E-state index is 5.93. The lowest BCUT2D eigenvalue weighted by Gasteiger charge is -2.39. The molecule has 98 valence electrons. The molecule has 17 heavy (non-hydrogen) atoms. The lowest BCUT2D eigenvalue weighted by molar-refractivity contribution is -0.289. The smallest absolute Gasteiger partial charge is 0.164 e. The van der Waals surface area contributed by atoms with Gasteiger partial charge in [0.05, 0.1) is 6.10 Å². The summed E-state index contributed by atoms with van der Waals surface area (Å²) >= 11 is 3.13. The van der Waals surface area contributed by atoms with Gasteiger partial charge in [0.25, 0.3) is 0 Å². The third-order valence-corrected chi connectivity index (χ3v) is 3.18. The van der Waals surface area contributed by atoms with Gasteiger partial charge in [-0.3, -0.25) is 0 Å². The SMILES string of the molecule is CCCCCC[C@H]1C[C@H](C#CBr)OC(C)(C)O1. The second kappa shape index (κ2) is 7.41. The van der Waals surface area contributed by atoms with E-state index in [-0.39, 0.29) is 12.2 Å². The zero-order chi connectivity index (χ0) is 12.7. The minimum Gasteiger partial charge on any atom is -0.347 e. The van der Waals surface area contributed by atoms with E-state index in [1.807, 2.05) is 13.8 Å². The molecule has 3 heteroatoms. The van der Waals surface area contributed by atoms with Crippen molar-refractivity contribution in [3.8, 4) is 10.8 Å². The predicted octanol–water partition coefficient (Wildman–Crippen LogP) is 4.22. The van der Waals surface area contributed by atoms with E-state index < -0.39 is 5.79 Å². The zero-order valence-electron chi connectivity index (χ0n) is 11.1. The Hall–Kier alpha value is -0.0400. The molecule has 0 radical (unpaired) electrons. The van der Waals surface area contributed by atoms with E-state index in [1.165, 1.54) is 25.7 Å². The van der Waals surface area contributed by atoms with Crippen molar-refractivity contribution >= 4 is 15.9 Å². The number of halogens is 1. The van der Waals surface area contributed by atoms with Crippen LogP contribution in [0.1, 0.15) is 59.3 Å². The number of hydrogen-bond acceptors (Lipinski definition) is 2. The molecule has 0 aromatic rings. The summed E-state index contributed by atoms with van der Waals surface area (Å²) in [6.45, 7) is 6.16. The highest BCUT2D eigenvalue weighted by atomic mass is 79.9. The minimum atomic E-state index is -0.505. The minimum absolute atomic E-state index is 0.00528. The van der Waals surface area contributed by atoms with Crippen molar-refractivity contribution in [3.63, 3.8) is 0 Å². The van der Waals surface area contributed by atoms with Gasteiger partial charge >= 0.3 is 0 Å². The van der Waals surface area contributed by atoms with Crippen molar-refractivity contribution in [3.05, 3.63) is 0 Å². The summed E-state index contributed by atoms with van der Waals surface area (Å²) in [5.41, 5.74) is 0. The van der Waals surface area contributed by atoms with Crippen molar-refractivity contribution in [1.82, 2.24) is 0 Å². The first-order valence-corrected chi connectivity index (χ1v) is 7.33. The number of unbranched alkanes of at least 4 members (excludes halogenated alkanes) is 3. The Bertz CT molecular complexity index is 278. The summed E-state index contributed by atoms with van der Waals surface area (Å²) < 4.78 is 11.7. The van der Waals surface area contributed by atoms with Gasteiger partial charge in [0, 0.05) is 22.4 Å². The van der Waals surface area contributed by atoms with Crippen molar-refractivity contribution in [2.45, 2.75) is 77.3 Å². The molecular formula is C14H23BrO2. The first-order chi connectivity index (χ1) is 8.07. The zero-order valence-corrected chi connectivity index (χ0v) is 12.7. The van der Waals surface area contributed by atoms with Gasteiger partial charge in [-0.15, -0.1) is 0 Å². The molecule has 1 saturated heterocycles. The first-order valence-electron chi connectivity index (χ1n) is 6.54. The number of hydrogen-bond donors (Lipinski definition) is 0. The average Bonchev–Trinajstić information content (AvgIpc) is 2.23. The number of rotatable bonds is 5. The van der Waals surface area contributed by atoms with E-state index in [9.17, 15) is 0 Å². The van der Waals surface area contributed by atoms with Crippen LogP contribution in [0.5, 0.6) is 0 Å². The topological polar surface area (TPSA) is 18.5 Å². The first kappa shape index (κ1) is 15.0. The van der Waals surface area contributed by atoms with Crippen LogP contribution in [0.3, 0.4) is 0 Å². The van der Waals surface area contributed by atoms with Crippen LogP contribution in [0.25, 0.3) is 0 Å². The summed E-state index contributed by atoms with van der Waals surface area (Å²) in [5, 5.41) is 0. The Morgan fingerprint density at radius 2 is 2.00 bits per heavy atom. The van der Waals surface area contributed by atoms with Crippen molar-refractivity contribution in [1.29, 1.82) is 0 Å². The Morgan fingerprint density at radius 1 is 1.24 bits per heavy atom. The highest BCUT2D eigenvalue weighted by Gasteiger charge is 2.34. The second-order valence-corrected chi connectivity index (χ2v) is 5.47. The van der Waals surface area contributed by atoms with Crippen LogP contribution >= 0.6 is 15.9 Å². The molecule has 0 bridgehead atoms. The van der Waals surface area contributed by atoms with Crippen molar-refractivity contribution in [2.24, 2.45) is 0 Å². The van der Waals surface area contributed by atoms with E-state index in [0.29, 0.717) is 0 Å². The van der Waals surface area contributed by atoms with Crippen molar-refractivity contribution in [2.75, 3.05) is 0 Å². The normalized spacial score (nSPS) is 27.3. The fourth-order valence-corrected chi connectivity index (χ4v) is 2.49. The highest BCUT2D eigenvalue weighted by molar-refractivity contribution is 9.12. The highest BCUT2D eigenvalue weighted by Crippen LogP contribution is 2.29. The van der Waals surface area contributed by atoms with Gasteiger partial charge in [0.15, 0.2) is 5.79 Å². The van der Waals surface area contributed by atoms with Gasteiger partial charge in [0.1, 0.15) is 6.10 Å². The summed E-state index contributed by atoms with van der Waals surface area (Å²) in [6, 6.07) is 0. The van der Waals surface area contributed by atoms with Crippen molar-refractivity contribution < 1.29 is 9.47 Å². The van der Waals surface area contributed by atoms with E-state index in [1.54, 1.807) is 0 Å². The van der Waals surface area contributed by atoms with Gasteiger partial charge in [-0.25, -0.2) is 0 Å². The Morgan fingerprint density at radius 3 is 2.65 bits per heavy atom. The number of ether oxygens (including phenoxy) is 2. The van der Waals surface area contributed by atoms with Crippen LogP contribution in [-0.4, -0.2) is 18.0 Å². The molecule has 0 aliphatic carbocycles. The van der Waals surface area contributed by atoms with Crippen LogP contribution in [0.4, 0.5) is 0 Å². The maximum Gasteiger partial charge on any atom is 0.164 e. The van der Waals surface area contributed by atoms with Crippen LogP contribution in [0, 0.1) is 10.8 Å². The average molecular weight is 303 g/mol. The van der Waals surface area contributed by atoms with Gasteiger partial charge in [-0.1, -0.05) is 38.5 Å².